The minimum Gasteiger partial charge on any atom is -0.374 e. The molecule has 16 heavy (non-hydrogen) atoms. The average molecular weight is 228 g/mol. The van der Waals surface area contributed by atoms with Crippen molar-refractivity contribution in [2.75, 3.05) is 26.2 Å². The van der Waals surface area contributed by atoms with Gasteiger partial charge in [-0.2, -0.15) is 0 Å². The van der Waals surface area contributed by atoms with E-state index in [0.717, 1.165) is 45.4 Å². The summed E-state index contributed by atoms with van der Waals surface area (Å²) >= 11 is 0. The summed E-state index contributed by atoms with van der Waals surface area (Å²) in [5.74, 6) is 0.0787. The first-order valence-corrected chi connectivity index (χ1v) is 6.28. The lowest BCUT2D eigenvalue weighted by atomic mass is 10.0. The van der Waals surface area contributed by atoms with E-state index >= 15 is 0 Å². The second-order valence-electron chi connectivity index (χ2n) is 4.71. The predicted molar refractivity (Wildman–Crippen MR) is 64.4 cm³/mol. The van der Waals surface area contributed by atoms with E-state index in [2.05, 4.69) is 24.5 Å². The summed E-state index contributed by atoms with van der Waals surface area (Å²) in [6.45, 7) is 6.99. The molecule has 0 aliphatic carbocycles. The first kappa shape index (κ1) is 13.5. The zero-order valence-electron chi connectivity index (χ0n) is 10.5. The minimum absolute atomic E-state index is 0.0658. The fourth-order valence-electron chi connectivity index (χ4n) is 1.88. The maximum atomic E-state index is 11.4. The van der Waals surface area contributed by atoms with Crippen molar-refractivity contribution in [3.05, 3.63) is 0 Å². The van der Waals surface area contributed by atoms with Crippen LogP contribution in [0.2, 0.25) is 0 Å². The molecule has 1 aliphatic rings. The molecule has 4 heteroatoms. The van der Waals surface area contributed by atoms with Crippen molar-refractivity contribution in [1.82, 2.24) is 10.6 Å². The molecule has 0 aromatic heterocycles. The standard InChI is InChI=1S/C12H24N2O2/c1-3-4-7-14-11(15)9-13-10-12(2)6-5-8-16-12/h13H,3-10H2,1-2H3,(H,14,15). The molecule has 1 rings (SSSR count). The molecule has 2 N–H and O–H groups in total. The topological polar surface area (TPSA) is 50.4 Å². The highest BCUT2D eigenvalue weighted by Gasteiger charge is 2.29. The molecule has 1 saturated heterocycles. The fourth-order valence-corrected chi connectivity index (χ4v) is 1.88. The Morgan fingerprint density at radius 1 is 1.50 bits per heavy atom. The molecule has 1 heterocycles. The third-order valence-electron chi connectivity index (χ3n) is 2.94. The number of unbranched alkanes of at least 4 members (excludes halogenated alkanes) is 1. The van der Waals surface area contributed by atoms with Crippen molar-refractivity contribution in [2.45, 2.75) is 45.1 Å². The monoisotopic (exact) mass is 228 g/mol. The first-order valence-electron chi connectivity index (χ1n) is 6.28. The first-order chi connectivity index (χ1) is 7.66. The lowest BCUT2D eigenvalue weighted by Crippen LogP contribution is -2.42. The third-order valence-corrected chi connectivity index (χ3v) is 2.94. The molecule has 0 aromatic rings. The van der Waals surface area contributed by atoms with E-state index in [1.165, 1.54) is 0 Å². The molecular weight excluding hydrogens is 204 g/mol. The molecule has 1 amide bonds. The fraction of sp³-hybridized carbons (Fsp3) is 0.917. The van der Waals surface area contributed by atoms with Crippen LogP contribution in [-0.4, -0.2) is 37.7 Å². The summed E-state index contributed by atoms with van der Waals surface area (Å²) in [4.78, 5) is 11.4. The molecule has 0 aromatic carbocycles. The van der Waals surface area contributed by atoms with Gasteiger partial charge in [0.15, 0.2) is 0 Å². The van der Waals surface area contributed by atoms with Crippen molar-refractivity contribution >= 4 is 5.91 Å². The molecule has 1 atom stereocenters. The van der Waals surface area contributed by atoms with E-state index in [9.17, 15) is 4.79 Å². The van der Waals surface area contributed by atoms with Gasteiger partial charge in [0.2, 0.25) is 5.91 Å². The predicted octanol–water partition coefficient (Wildman–Crippen LogP) is 1.06. The number of hydrogen-bond donors (Lipinski definition) is 2. The normalized spacial score (nSPS) is 24.6. The Morgan fingerprint density at radius 3 is 2.94 bits per heavy atom. The lowest BCUT2D eigenvalue weighted by Gasteiger charge is -2.23. The Kier molecular flexibility index (Phi) is 5.77. The Bertz CT molecular complexity index is 213. The smallest absolute Gasteiger partial charge is 0.233 e. The highest BCUT2D eigenvalue weighted by molar-refractivity contribution is 5.77. The van der Waals surface area contributed by atoms with Gasteiger partial charge in [-0.05, 0) is 26.2 Å². The largest absolute Gasteiger partial charge is 0.374 e. The van der Waals surface area contributed by atoms with Gasteiger partial charge >= 0.3 is 0 Å². The zero-order valence-corrected chi connectivity index (χ0v) is 10.5. The molecule has 4 nitrogen and oxygen atoms in total. The van der Waals surface area contributed by atoms with E-state index < -0.39 is 0 Å². The van der Waals surface area contributed by atoms with Crippen LogP contribution in [0.4, 0.5) is 0 Å². The molecule has 94 valence electrons. The number of amides is 1. The number of hydrogen-bond acceptors (Lipinski definition) is 3. The van der Waals surface area contributed by atoms with E-state index in [-0.39, 0.29) is 11.5 Å². The summed E-state index contributed by atoms with van der Waals surface area (Å²) in [6, 6.07) is 0. The maximum Gasteiger partial charge on any atom is 0.233 e. The van der Waals surface area contributed by atoms with Gasteiger partial charge < -0.3 is 15.4 Å². The average Bonchev–Trinajstić information content (AvgIpc) is 2.66. The van der Waals surface area contributed by atoms with Gasteiger partial charge in [-0.15, -0.1) is 0 Å². The Labute approximate surface area is 98.1 Å². The highest BCUT2D eigenvalue weighted by Crippen LogP contribution is 2.23. The van der Waals surface area contributed by atoms with E-state index in [4.69, 9.17) is 4.74 Å². The Balaban J connectivity index is 2.03. The van der Waals surface area contributed by atoms with Gasteiger partial charge in [0, 0.05) is 19.7 Å². The van der Waals surface area contributed by atoms with Gasteiger partial charge in [-0.1, -0.05) is 13.3 Å². The minimum atomic E-state index is -0.0658. The number of nitrogens with one attached hydrogen (secondary N) is 2. The SMILES string of the molecule is CCCCNC(=O)CNCC1(C)CCCO1. The highest BCUT2D eigenvalue weighted by atomic mass is 16.5. The second-order valence-corrected chi connectivity index (χ2v) is 4.71. The quantitative estimate of drug-likeness (QED) is 0.641. The summed E-state index contributed by atoms with van der Waals surface area (Å²) in [6.07, 6.45) is 4.37. The zero-order chi connectivity index (χ0) is 11.9. The molecule has 0 spiro atoms. The van der Waals surface area contributed by atoms with Crippen LogP contribution in [0.25, 0.3) is 0 Å². The van der Waals surface area contributed by atoms with Gasteiger partial charge in [0.25, 0.3) is 0 Å². The third kappa shape index (κ3) is 4.94. The summed E-state index contributed by atoms with van der Waals surface area (Å²) in [7, 11) is 0. The van der Waals surface area contributed by atoms with Gasteiger partial charge in [-0.3, -0.25) is 4.79 Å². The number of ether oxygens (including phenoxy) is 1. The van der Waals surface area contributed by atoms with Crippen molar-refractivity contribution in [3.8, 4) is 0 Å². The van der Waals surface area contributed by atoms with E-state index in [1.54, 1.807) is 0 Å². The molecule has 0 radical (unpaired) electrons. The maximum absolute atomic E-state index is 11.4. The van der Waals surface area contributed by atoms with Crippen molar-refractivity contribution in [1.29, 1.82) is 0 Å². The van der Waals surface area contributed by atoms with Crippen molar-refractivity contribution in [3.63, 3.8) is 0 Å². The van der Waals surface area contributed by atoms with E-state index in [0.29, 0.717) is 6.54 Å². The van der Waals surface area contributed by atoms with E-state index in [1.807, 2.05) is 0 Å². The van der Waals surface area contributed by atoms with Gasteiger partial charge in [0.1, 0.15) is 0 Å². The number of carbonyl (C=O) groups excluding carboxylic acids is 1. The summed E-state index contributed by atoms with van der Waals surface area (Å²) in [5.41, 5.74) is -0.0658. The molecule has 0 saturated carbocycles. The van der Waals surface area contributed by atoms with Crippen molar-refractivity contribution < 1.29 is 9.53 Å². The number of rotatable bonds is 7. The Hall–Kier alpha value is -0.610. The molecule has 1 unspecified atom stereocenters. The molecule has 1 aliphatic heterocycles. The van der Waals surface area contributed by atoms with Gasteiger partial charge in [0.05, 0.1) is 12.1 Å². The van der Waals surface area contributed by atoms with Crippen LogP contribution in [-0.2, 0) is 9.53 Å². The number of carbonyl (C=O) groups is 1. The van der Waals surface area contributed by atoms with Crippen LogP contribution in [0.1, 0.15) is 39.5 Å². The molecular formula is C12H24N2O2. The molecule has 0 bridgehead atoms. The second kappa shape index (κ2) is 6.86. The summed E-state index contributed by atoms with van der Waals surface area (Å²) < 4.78 is 5.63. The van der Waals surface area contributed by atoms with Crippen LogP contribution >= 0.6 is 0 Å². The molecule has 1 fully saturated rings. The van der Waals surface area contributed by atoms with Crippen LogP contribution in [0.3, 0.4) is 0 Å². The van der Waals surface area contributed by atoms with Crippen LogP contribution in [0.5, 0.6) is 0 Å². The van der Waals surface area contributed by atoms with Crippen LogP contribution in [0, 0.1) is 0 Å². The lowest BCUT2D eigenvalue weighted by molar-refractivity contribution is -0.120. The van der Waals surface area contributed by atoms with Crippen LogP contribution < -0.4 is 10.6 Å². The van der Waals surface area contributed by atoms with Gasteiger partial charge in [-0.25, -0.2) is 0 Å². The Morgan fingerprint density at radius 2 is 2.31 bits per heavy atom. The van der Waals surface area contributed by atoms with Crippen molar-refractivity contribution in [2.24, 2.45) is 0 Å². The van der Waals surface area contributed by atoms with Crippen LogP contribution in [0.15, 0.2) is 0 Å². The summed E-state index contributed by atoms with van der Waals surface area (Å²) in [5, 5.41) is 6.04.